The number of carbonyl (C=O) groups is 1. The average Bonchev–Trinajstić information content (AvgIpc) is 3.56. The highest BCUT2D eigenvalue weighted by Crippen LogP contribution is 2.49. The molecule has 2 aliphatic carbocycles. The highest BCUT2D eigenvalue weighted by atomic mass is 32.2. The van der Waals surface area contributed by atoms with Crippen molar-refractivity contribution in [3.05, 3.63) is 52.6 Å². The Morgan fingerprint density at radius 3 is 2.82 bits per heavy atom. The number of methoxy groups -OCH3 is 1. The molecule has 0 spiro atoms. The van der Waals surface area contributed by atoms with Crippen molar-refractivity contribution in [2.45, 2.75) is 43.8 Å². The molecule has 0 aliphatic heterocycles. The number of nitrogens with one attached hydrogen (secondary N) is 1. The Morgan fingerprint density at radius 1 is 1.29 bits per heavy atom. The molecule has 0 radical (unpaired) electrons. The van der Waals surface area contributed by atoms with Crippen LogP contribution in [0.4, 0.5) is 5.69 Å². The molecule has 5 rings (SSSR count). The second kappa shape index (κ2) is 9.29. The molecule has 3 aromatic rings. The third kappa shape index (κ3) is 4.24. The number of carbonyl (C=O) groups excluding carboxylic acids is 1. The zero-order chi connectivity index (χ0) is 23.8. The van der Waals surface area contributed by atoms with Gasteiger partial charge in [-0.3, -0.25) is 19.5 Å². The number of benzene rings is 2. The zero-order valence-corrected chi connectivity index (χ0v) is 20.1. The lowest BCUT2D eigenvalue weighted by molar-refractivity contribution is -0.384. The number of hydrogen-bond donors (Lipinski definition) is 1. The van der Waals surface area contributed by atoms with E-state index in [4.69, 9.17) is 4.74 Å². The average molecular weight is 481 g/mol. The molecule has 2 aliphatic rings. The molecule has 2 fully saturated rings. The normalized spacial score (nSPS) is 22.1. The van der Waals surface area contributed by atoms with Crippen molar-refractivity contribution < 1.29 is 14.5 Å². The number of thioether (sulfide) groups is 1. The summed E-state index contributed by atoms with van der Waals surface area (Å²) < 4.78 is 7.45. The maximum atomic E-state index is 12.8. The smallest absolute Gasteiger partial charge is 0.271 e. The fourth-order valence-electron chi connectivity index (χ4n) is 5.74. The number of hydrogen-bond acceptors (Lipinski definition) is 6. The van der Waals surface area contributed by atoms with Gasteiger partial charge in [-0.2, -0.15) is 0 Å². The number of amides is 1. The number of ether oxygens (including phenoxy) is 1. The molecule has 34 heavy (non-hydrogen) atoms. The minimum atomic E-state index is -0.432. The van der Waals surface area contributed by atoms with Crippen LogP contribution < -0.4 is 10.1 Å². The fraction of sp³-hybridized carbons (Fsp3) is 0.440. The number of nitro groups is 1. The monoisotopic (exact) mass is 480 g/mol. The van der Waals surface area contributed by atoms with E-state index in [1.807, 2.05) is 28.8 Å². The van der Waals surface area contributed by atoms with Gasteiger partial charge in [0.1, 0.15) is 5.75 Å². The van der Waals surface area contributed by atoms with Crippen LogP contribution in [0.5, 0.6) is 5.75 Å². The van der Waals surface area contributed by atoms with Gasteiger partial charge in [-0.1, -0.05) is 30.3 Å². The first kappa shape index (κ1) is 22.7. The van der Waals surface area contributed by atoms with E-state index in [9.17, 15) is 14.9 Å². The van der Waals surface area contributed by atoms with Crippen LogP contribution in [0, 0.1) is 27.9 Å². The van der Waals surface area contributed by atoms with Gasteiger partial charge < -0.3 is 10.1 Å². The molecule has 0 saturated heterocycles. The second-order valence-electron chi connectivity index (χ2n) is 9.32. The molecule has 2 saturated carbocycles. The standard InChI is InChI=1S/C25H28N4O4S/c1-15(19-12-16-7-8-17(19)11-16)26-24(30)14-34-25-27-20-13-18(29(31)32)9-10-21(20)28(25)22-5-3-4-6-23(22)33-2/h3-6,9-10,13,15-17,19H,7-8,11-12,14H2,1-2H3,(H,26,30). The van der Waals surface area contributed by atoms with Crippen LogP contribution in [-0.2, 0) is 4.79 Å². The van der Waals surface area contributed by atoms with Gasteiger partial charge in [0.05, 0.1) is 34.5 Å². The van der Waals surface area contributed by atoms with Crippen molar-refractivity contribution in [3.8, 4) is 11.4 Å². The van der Waals surface area contributed by atoms with E-state index in [0.717, 1.165) is 17.5 Å². The van der Waals surface area contributed by atoms with Crippen molar-refractivity contribution in [2.24, 2.45) is 17.8 Å². The molecule has 1 heterocycles. The van der Waals surface area contributed by atoms with Gasteiger partial charge in [0.15, 0.2) is 5.16 Å². The molecular formula is C25H28N4O4S. The van der Waals surface area contributed by atoms with Gasteiger partial charge in [-0.05, 0) is 62.1 Å². The number of para-hydroxylation sites is 2. The van der Waals surface area contributed by atoms with E-state index < -0.39 is 4.92 Å². The minimum absolute atomic E-state index is 0.0221. The number of non-ortho nitro benzene ring substituents is 1. The first-order chi connectivity index (χ1) is 16.4. The molecule has 1 N–H and O–H groups in total. The number of imidazole rings is 1. The topological polar surface area (TPSA) is 99.3 Å². The molecule has 1 aromatic heterocycles. The molecular weight excluding hydrogens is 452 g/mol. The van der Waals surface area contributed by atoms with Gasteiger partial charge in [-0.15, -0.1) is 0 Å². The van der Waals surface area contributed by atoms with Crippen molar-refractivity contribution in [3.63, 3.8) is 0 Å². The molecule has 178 valence electrons. The van der Waals surface area contributed by atoms with Crippen LogP contribution >= 0.6 is 11.8 Å². The lowest BCUT2D eigenvalue weighted by atomic mass is 9.84. The Kier molecular flexibility index (Phi) is 6.20. The van der Waals surface area contributed by atoms with E-state index in [2.05, 4.69) is 17.2 Å². The van der Waals surface area contributed by atoms with Crippen LogP contribution in [-0.4, -0.2) is 39.3 Å². The summed E-state index contributed by atoms with van der Waals surface area (Å²) in [6, 6.07) is 12.3. The van der Waals surface area contributed by atoms with Gasteiger partial charge in [-0.25, -0.2) is 4.98 Å². The highest BCUT2D eigenvalue weighted by Gasteiger charge is 2.42. The molecule has 2 bridgehead atoms. The molecule has 9 heteroatoms. The maximum Gasteiger partial charge on any atom is 0.271 e. The summed E-state index contributed by atoms with van der Waals surface area (Å²) in [7, 11) is 1.60. The van der Waals surface area contributed by atoms with Gasteiger partial charge >= 0.3 is 0 Å². The third-order valence-electron chi connectivity index (χ3n) is 7.30. The molecule has 4 atom stereocenters. The SMILES string of the molecule is COc1ccccc1-n1c(SCC(=O)NC(C)C2CC3CCC2C3)nc2cc([N+](=O)[O-])ccc21. The van der Waals surface area contributed by atoms with Crippen molar-refractivity contribution in [1.82, 2.24) is 14.9 Å². The summed E-state index contributed by atoms with van der Waals surface area (Å²) >= 11 is 1.32. The number of nitro benzene ring substituents is 1. The Morgan fingerprint density at radius 2 is 2.12 bits per heavy atom. The van der Waals surface area contributed by atoms with Crippen LogP contribution in [0.25, 0.3) is 16.7 Å². The second-order valence-corrected chi connectivity index (χ2v) is 10.3. The summed E-state index contributed by atoms with van der Waals surface area (Å²) in [6.45, 7) is 2.12. The third-order valence-corrected chi connectivity index (χ3v) is 8.24. The summed E-state index contributed by atoms with van der Waals surface area (Å²) in [6.07, 6.45) is 5.17. The largest absolute Gasteiger partial charge is 0.495 e. The predicted molar refractivity (Wildman–Crippen MR) is 132 cm³/mol. The Bertz CT molecular complexity index is 1240. The summed E-state index contributed by atoms with van der Waals surface area (Å²) in [5.41, 5.74) is 1.96. The molecule has 8 nitrogen and oxygen atoms in total. The first-order valence-electron chi connectivity index (χ1n) is 11.7. The quantitative estimate of drug-likeness (QED) is 0.277. The van der Waals surface area contributed by atoms with E-state index >= 15 is 0 Å². The summed E-state index contributed by atoms with van der Waals surface area (Å²) in [5.74, 6) is 3.01. The van der Waals surface area contributed by atoms with Crippen LogP contribution in [0.1, 0.15) is 32.6 Å². The highest BCUT2D eigenvalue weighted by molar-refractivity contribution is 7.99. The Labute approximate surface area is 202 Å². The Hall–Kier alpha value is -3.07. The van der Waals surface area contributed by atoms with Crippen molar-refractivity contribution >= 4 is 34.4 Å². The van der Waals surface area contributed by atoms with Crippen LogP contribution in [0.2, 0.25) is 0 Å². The van der Waals surface area contributed by atoms with Gasteiger partial charge in [0.25, 0.3) is 5.69 Å². The number of fused-ring (bicyclic) bond motifs is 3. The Balaban J connectivity index is 1.39. The van der Waals surface area contributed by atoms with E-state index in [1.54, 1.807) is 13.2 Å². The maximum absolute atomic E-state index is 12.8. The fourth-order valence-corrected chi connectivity index (χ4v) is 6.58. The molecule has 2 aromatic carbocycles. The van der Waals surface area contributed by atoms with E-state index in [1.165, 1.54) is 49.6 Å². The number of rotatable bonds is 8. The van der Waals surface area contributed by atoms with Gasteiger partial charge in [0, 0.05) is 18.2 Å². The predicted octanol–water partition coefficient (Wildman–Crippen LogP) is 4.98. The van der Waals surface area contributed by atoms with Crippen LogP contribution in [0.3, 0.4) is 0 Å². The van der Waals surface area contributed by atoms with Crippen molar-refractivity contribution in [1.29, 1.82) is 0 Å². The number of nitrogens with zero attached hydrogens (tertiary/aromatic N) is 3. The lowest BCUT2D eigenvalue weighted by Gasteiger charge is -2.28. The number of aromatic nitrogens is 2. The van der Waals surface area contributed by atoms with Crippen molar-refractivity contribution in [2.75, 3.05) is 12.9 Å². The zero-order valence-electron chi connectivity index (χ0n) is 19.3. The molecule has 4 unspecified atom stereocenters. The minimum Gasteiger partial charge on any atom is -0.495 e. The first-order valence-corrected chi connectivity index (χ1v) is 12.7. The van der Waals surface area contributed by atoms with E-state index in [-0.39, 0.29) is 23.4 Å². The summed E-state index contributed by atoms with van der Waals surface area (Å²) in [5, 5.41) is 15.1. The summed E-state index contributed by atoms with van der Waals surface area (Å²) in [4.78, 5) is 28.3. The van der Waals surface area contributed by atoms with E-state index in [0.29, 0.717) is 27.9 Å². The van der Waals surface area contributed by atoms with Crippen LogP contribution in [0.15, 0.2) is 47.6 Å². The lowest BCUT2D eigenvalue weighted by Crippen LogP contribution is -2.40. The molecule has 1 amide bonds. The van der Waals surface area contributed by atoms with Gasteiger partial charge in [0.2, 0.25) is 5.91 Å².